The maximum atomic E-state index is 2.81. The van der Waals surface area contributed by atoms with Crippen LogP contribution in [0.5, 0.6) is 0 Å². The molecule has 158 valence electrons. The third kappa shape index (κ3) is 10.3. The van der Waals surface area contributed by atoms with E-state index in [-0.39, 0.29) is 16.6 Å². The van der Waals surface area contributed by atoms with E-state index in [4.69, 9.17) is 0 Å². The Bertz CT molecular complexity index is 336. The second kappa shape index (κ2) is 13.3. The summed E-state index contributed by atoms with van der Waals surface area (Å²) in [6, 6.07) is 0. The molecular formula is C18H54Si6Sn2. The van der Waals surface area contributed by atoms with Crippen molar-refractivity contribution in [1.29, 1.82) is 0 Å². The Morgan fingerprint density at radius 3 is 0.615 bits per heavy atom. The van der Waals surface area contributed by atoms with Gasteiger partial charge in [0.25, 0.3) is 0 Å². The van der Waals surface area contributed by atoms with E-state index in [2.05, 4.69) is 108 Å². The first kappa shape index (κ1) is 33.5. The molecule has 0 saturated carbocycles. The van der Waals surface area contributed by atoms with Gasteiger partial charge in [-0.15, -0.1) is 0 Å². The van der Waals surface area contributed by atoms with Crippen molar-refractivity contribution in [3.63, 3.8) is 0 Å². The molecule has 8 heteroatoms. The molecule has 0 aromatic rings. The Hall–Kier alpha value is 2.90. The van der Waals surface area contributed by atoms with Gasteiger partial charge in [0.1, 0.15) is 0 Å². The van der Waals surface area contributed by atoms with Gasteiger partial charge in [0.2, 0.25) is 0 Å². The van der Waals surface area contributed by atoms with Crippen LogP contribution in [0.3, 0.4) is 0 Å². The summed E-state index contributed by atoms with van der Waals surface area (Å²) in [4.78, 5) is 14.2. The third-order valence-electron chi connectivity index (χ3n) is 7.19. The van der Waals surface area contributed by atoms with E-state index >= 15 is 0 Å². The van der Waals surface area contributed by atoms with Crippen LogP contribution in [0, 0.1) is 0 Å². The quantitative estimate of drug-likeness (QED) is 0.266. The van der Waals surface area contributed by atoms with Crippen LogP contribution in [0.25, 0.3) is 0 Å². The fraction of sp³-hybridized carbons (Fsp3) is 1.00. The fourth-order valence-electron chi connectivity index (χ4n) is 2.81. The van der Waals surface area contributed by atoms with Crippen molar-refractivity contribution in [2.24, 2.45) is 0 Å². The molecule has 0 aliphatic rings. The molecule has 0 bridgehead atoms. The van der Waals surface area contributed by atoms with Gasteiger partial charge in [-0.1, -0.05) is 78.6 Å². The Morgan fingerprint density at radius 2 is 0.538 bits per heavy atom. The van der Waals surface area contributed by atoms with Gasteiger partial charge in [-0.05, 0) is 0 Å². The summed E-state index contributed by atoms with van der Waals surface area (Å²) in [7, 11) is -4.04. The SMILES string of the molecule is C[Si](C)[Si](C)(C)[Si](C)(C)[Si](C)(C)[Si](C)(C)[Si](C)C.[CH3][Sn]([CH3])[CH3].[CH3][Sn]([CH3])[CH3]. The molecule has 0 aliphatic heterocycles. The van der Waals surface area contributed by atoms with Gasteiger partial charge in [-0.2, -0.15) is 0 Å². The zero-order chi connectivity index (χ0) is 22.3. The van der Waals surface area contributed by atoms with Crippen LogP contribution < -0.4 is 0 Å². The number of hydrogen-bond acceptors (Lipinski definition) is 0. The van der Waals surface area contributed by atoms with E-state index in [9.17, 15) is 0 Å². The third-order valence-corrected chi connectivity index (χ3v) is 114. The molecule has 0 atom stereocenters. The zero-order valence-corrected chi connectivity index (χ0v) is 33.7. The Labute approximate surface area is 190 Å². The van der Waals surface area contributed by atoms with Crippen molar-refractivity contribution in [2.45, 2.75) is 108 Å². The van der Waals surface area contributed by atoms with Gasteiger partial charge in [-0.3, -0.25) is 0 Å². The summed E-state index contributed by atoms with van der Waals surface area (Å²) >= 11 is -1.09. The average molecular weight is 677 g/mol. The van der Waals surface area contributed by atoms with Crippen LogP contribution in [-0.2, 0) is 0 Å². The van der Waals surface area contributed by atoms with Gasteiger partial charge in [-0.25, -0.2) is 0 Å². The molecule has 0 nitrogen and oxygen atoms in total. The molecule has 0 rings (SSSR count). The van der Waals surface area contributed by atoms with E-state index in [1.165, 1.54) is 0 Å². The monoisotopic (exact) mass is 678 g/mol. The second-order valence-electron chi connectivity index (χ2n) is 11.5. The topological polar surface area (TPSA) is 0 Å². The first-order valence-electron chi connectivity index (χ1n) is 10.2. The normalized spacial score (nSPS) is 13.6. The summed E-state index contributed by atoms with van der Waals surface area (Å²) in [5.41, 5.74) is 0. The van der Waals surface area contributed by atoms with E-state index in [0.29, 0.717) is 0 Å². The van der Waals surface area contributed by atoms with Crippen molar-refractivity contribution >= 4 is 84.6 Å². The van der Waals surface area contributed by atoms with Crippen LogP contribution >= 0.6 is 0 Å². The summed E-state index contributed by atoms with van der Waals surface area (Å²) in [5, 5.41) is 0. The molecule has 4 radical (unpaired) electrons. The molecule has 0 heterocycles. The average Bonchev–Trinajstić information content (AvgIpc) is 2.35. The van der Waals surface area contributed by atoms with E-state index < -0.39 is 68.0 Å². The summed E-state index contributed by atoms with van der Waals surface area (Å²) in [6.45, 7) is 32.7. The molecule has 0 spiro atoms. The van der Waals surface area contributed by atoms with Crippen molar-refractivity contribution in [1.82, 2.24) is 0 Å². The molecule has 0 N–H and O–H groups in total. The molecule has 0 saturated heterocycles. The van der Waals surface area contributed by atoms with Crippen LogP contribution in [0.2, 0.25) is 108 Å². The van der Waals surface area contributed by atoms with E-state index in [1.807, 2.05) is 0 Å². The van der Waals surface area contributed by atoms with E-state index in [0.717, 1.165) is 0 Å². The zero-order valence-electron chi connectivity index (χ0n) is 22.0. The van der Waals surface area contributed by atoms with Crippen LogP contribution in [0.4, 0.5) is 0 Å². The standard InChI is InChI=1S/C12H36Si6.6CH3.2Sn/c1-13(2)15(5,6)17(9,10)18(11,12)16(7,8)14(3)4;;;;;;;;/h1-12H3;6*1H3;;. The van der Waals surface area contributed by atoms with Crippen molar-refractivity contribution in [2.75, 3.05) is 0 Å². The van der Waals surface area contributed by atoms with Gasteiger partial charge in [0.15, 0.2) is 0 Å². The first-order chi connectivity index (χ1) is 11.1. The van der Waals surface area contributed by atoms with Crippen LogP contribution in [-0.4, -0.2) is 84.6 Å². The van der Waals surface area contributed by atoms with E-state index in [1.54, 1.807) is 0 Å². The molecule has 0 aromatic heterocycles. The van der Waals surface area contributed by atoms with Crippen LogP contribution in [0.15, 0.2) is 0 Å². The Balaban J connectivity index is -0.000000551. The molecule has 0 amide bonds. The maximum absolute atomic E-state index is 2.81. The first-order valence-corrected chi connectivity index (χ1v) is 49.4. The fourth-order valence-corrected chi connectivity index (χ4v) is 130. The molecule has 0 aromatic carbocycles. The van der Waals surface area contributed by atoms with Gasteiger partial charge >= 0.3 is 69.2 Å². The van der Waals surface area contributed by atoms with Crippen molar-refractivity contribution < 1.29 is 0 Å². The molecule has 0 fully saturated rings. The van der Waals surface area contributed by atoms with Gasteiger partial charge in [0.05, 0.1) is 0 Å². The van der Waals surface area contributed by atoms with Crippen molar-refractivity contribution in [3.05, 3.63) is 0 Å². The summed E-state index contributed by atoms with van der Waals surface area (Å²) in [5.74, 6) is 0. The summed E-state index contributed by atoms with van der Waals surface area (Å²) < 4.78 is 0. The van der Waals surface area contributed by atoms with Gasteiger partial charge < -0.3 is 0 Å². The van der Waals surface area contributed by atoms with Crippen LogP contribution in [0.1, 0.15) is 0 Å². The number of hydrogen-bond donors (Lipinski definition) is 0. The molecular weight excluding hydrogens is 622 g/mol. The minimum absolute atomic E-state index is 0.0662. The Morgan fingerprint density at radius 1 is 0.423 bits per heavy atom. The molecule has 0 aliphatic carbocycles. The minimum atomic E-state index is -1.01. The molecule has 26 heavy (non-hydrogen) atoms. The predicted molar refractivity (Wildman–Crippen MR) is 152 cm³/mol. The predicted octanol–water partition coefficient (Wildman–Crippen LogP) is 7.46. The number of rotatable bonds is 5. The Kier molecular flexibility index (Phi) is 17.2. The molecule has 0 unspecified atom stereocenters. The second-order valence-corrected chi connectivity index (χ2v) is 87.6. The van der Waals surface area contributed by atoms with Crippen molar-refractivity contribution in [3.8, 4) is 0 Å². The van der Waals surface area contributed by atoms with Gasteiger partial charge in [0, 0.05) is 45.1 Å². The summed E-state index contributed by atoms with van der Waals surface area (Å²) in [6.07, 6.45) is 0.